The molecule has 0 saturated carbocycles. The van der Waals surface area contributed by atoms with Gasteiger partial charge < -0.3 is 0 Å². The largest absolute Gasteiger partial charge is 0.287 e. The van der Waals surface area contributed by atoms with Crippen LogP contribution in [0.2, 0.25) is 0 Å². The molecule has 0 fully saturated rings. The van der Waals surface area contributed by atoms with E-state index in [1.807, 2.05) is 23.2 Å². The van der Waals surface area contributed by atoms with Crippen molar-refractivity contribution in [1.29, 1.82) is 0 Å². The Balaban J connectivity index is 2.00. The highest BCUT2D eigenvalue weighted by molar-refractivity contribution is 7.22. The first-order chi connectivity index (χ1) is 7.43. The third-order valence-corrected chi connectivity index (χ3v) is 3.17. The van der Waals surface area contributed by atoms with Crippen molar-refractivity contribution in [1.82, 2.24) is 15.8 Å². The summed E-state index contributed by atoms with van der Waals surface area (Å²) in [6.45, 7) is 0.621. The van der Waals surface area contributed by atoms with E-state index in [-0.39, 0.29) is 0 Å². The summed E-state index contributed by atoms with van der Waals surface area (Å²) < 4.78 is 1.19. The lowest BCUT2D eigenvalue weighted by molar-refractivity contribution is 0.624. The van der Waals surface area contributed by atoms with Crippen LogP contribution in [-0.4, -0.2) is 18.0 Å². The van der Waals surface area contributed by atoms with Crippen LogP contribution in [0.3, 0.4) is 0 Å². The maximum Gasteiger partial charge on any atom is 0.207 e. The van der Waals surface area contributed by atoms with E-state index in [4.69, 9.17) is 0 Å². The first kappa shape index (κ1) is 8.49. The third kappa shape index (κ3) is 1.48. The second-order valence-electron chi connectivity index (χ2n) is 3.10. The Bertz CT molecular complexity index is 473. The van der Waals surface area contributed by atoms with Gasteiger partial charge in [-0.1, -0.05) is 23.5 Å². The minimum absolute atomic E-state index is 0.621. The summed E-state index contributed by atoms with van der Waals surface area (Å²) in [6.07, 6.45) is 1.61. The molecule has 0 bridgehead atoms. The molecule has 0 radical (unpaired) electrons. The number of hydrazone groups is 1. The summed E-state index contributed by atoms with van der Waals surface area (Å²) in [7, 11) is 0. The van der Waals surface area contributed by atoms with Crippen LogP contribution in [0.25, 0.3) is 10.2 Å². The van der Waals surface area contributed by atoms with Crippen LogP contribution in [-0.2, 0) is 0 Å². The van der Waals surface area contributed by atoms with E-state index in [2.05, 4.69) is 27.0 Å². The number of nitrogens with zero attached hydrogens (tertiary/aromatic N) is 3. The lowest BCUT2D eigenvalue weighted by Crippen LogP contribution is -2.46. The fraction of sp³-hybridized carbons (Fsp3) is 0.111. The standard InChI is InChI=1S/C9H9N5S/c1-2-4-8-7(3-1)13-9(15-8)14-6-11-10-5-12-14/h1-5,11H,6H2,(H,10,12). The number of hydrogen-bond acceptors (Lipinski definition) is 6. The predicted molar refractivity (Wildman–Crippen MR) is 61.7 cm³/mol. The van der Waals surface area contributed by atoms with Gasteiger partial charge in [-0.05, 0) is 12.1 Å². The highest BCUT2D eigenvalue weighted by atomic mass is 32.1. The summed E-state index contributed by atoms with van der Waals surface area (Å²) in [5.41, 5.74) is 6.93. The van der Waals surface area contributed by atoms with Gasteiger partial charge in [0.2, 0.25) is 5.13 Å². The molecule has 0 unspecified atom stereocenters. The Hall–Kier alpha value is -1.82. The molecule has 0 aliphatic carbocycles. The quantitative estimate of drug-likeness (QED) is 0.754. The number of hydrazine groups is 1. The Kier molecular flexibility index (Phi) is 1.92. The van der Waals surface area contributed by atoms with Gasteiger partial charge in [0.15, 0.2) is 0 Å². The van der Waals surface area contributed by atoms with E-state index >= 15 is 0 Å². The van der Waals surface area contributed by atoms with Crippen LogP contribution < -0.4 is 15.9 Å². The van der Waals surface area contributed by atoms with E-state index in [0.29, 0.717) is 6.67 Å². The number of hydrogen-bond donors (Lipinski definition) is 2. The SMILES string of the molecule is C1=NNCN(c2nc3ccccc3s2)N1. The number of thiazole rings is 1. The Morgan fingerprint density at radius 1 is 1.33 bits per heavy atom. The zero-order valence-corrected chi connectivity index (χ0v) is 8.66. The number of fused-ring (bicyclic) bond motifs is 1. The summed E-state index contributed by atoms with van der Waals surface area (Å²) in [6, 6.07) is 8.10. The number of nitrogens with one attached hydrogen (secondary N) is 2. The molecule has 76 valence electrons. The van der Waals surface area contributed by atoms with Crippen LogP contribution in [0.15, 0.2) is 29.4 Å². The molecule has 2 aromatic rings. The molecule has 3 rings (SSSR count). The molecule has 1 aliphatic rings. The van der Waals surface area contributed by atoms with Crippen molar-refractivity contribution < 1.29 is 0 Å². The smallest absolute Gasteiger partial charge is 0.207 e. The number of aromatic nitrogens is 1. The molecule has 1 aromatic carbocycles. The number of benzene rings is 1. The molecule has 2 heterocycles. The zero-order valence-electron chi connectivity index (χ0n) is 7.84. The summed E-state index contributed by atoms with van der Waals surface area (Å²) in [5, 5.41) is 6.71. The molecule has 0 atom stereocenters. The van der Waals surface area contributed by atoms with Crippen molar-refractivity contribution in [3.05, 3.63) is 24.3 Å². The normalized spacial score (nSPS) is 15.1. The molecule has 0 spiro atoms. The highest BCUT2D eigenvalue weighted by Crippen LogP contribution is 2.27. The van der Waals surface area contributed by atoms with Crippen molar-refractivity contribution in [2.24, 2.45) is 5.10 Å². The van der Waals surface area contributed by atoms with E-state index < -0.39 is 0 Å². The van der Waals surface area contributed by atoms with Crippen LogP contribution in [0, 0.1) is 0 Å². The maximum absolute atomic E-state index is 4.52. The van der Waals surface area contributed by atoms with Crippen molar-refractivity contribution in [3.63, 3.8) is 0 Å². The van der Waals surface area contributed by atoms with Crippen LogP contribution >= 0.6 is 11.3 Å². The second-order valence-corrected chi connectivity index (χ2v) is 4.10. The number of rotatable bonds is 1. The van der Waals surface area contributed by atoms with Gasteiger partial charge in [-0.2, -0.15) is 5.10 Å². The van der Waals surface area contributed by atoms with Gasteiger partial charge >= 0.3 is 0 Å². The van der Waals surface area contributed by atoms with E-state index in [0.717, 1.165) is 10.6 Å². The second kappa shape index (κ2) is 3.39. The van der Waals surface area contributed by atoms with Gasteiger partial charge in [-0.15, -0.1) is 0 Å². The Morgan fingerprint density at radius 3 is 3.07 bits per heavy atom. The molecule has 0 amide bonds. The average Bonchev–Trinajstić information content (AvgIpc) is 2.74. The summed E-state index contributed by atoms with van der Waals surface area (Å²) in [5.74, 6) is 0. The molecule has 1 aliphatic heterocycles. The molecule has 0 saturated heterocycles. The minimum Gasteiger partial charge on any atom is -0.287 e. The van der Waals surface area contributed by atoms with Crippen LogP contribution in [0.1, 0.15) is 0 Å². The van der Waals surface area contributed by atoms with Gasteiger partial charge in [0.1, 0.15) is 13.0 Å². The number of para-hydroxylation sites is 1. The maximum atomic E-state index is 4.52. The average molecular weight is 219 g/mol. The lowest BCUT2D eigenvalue weighted by atomic mass is 10.3. The van der Waals surface area contributed by atoms with Gasteiger partial charge in [-0.3, -0.25) is 10.9 Å². The predicted octanol–water partition coefficient (Wildman–Crippen LogP) is 1.11. The van der Waals surface area contributed by atoms with E-state index in [1.54, 1.807) is 17.7 Å². The molecular weight excluding hydrogens is 210 g/mol. The van der Waals surface area contributed by atoms with Crippen molar-refractivity contribution in [3.8, 4) is 0 Å². The van der Waals surface area contributed by atoms with Gasteiger partial charge in [0, 0.05) is 0 Å². The molecule has 5 nitrogen and oxygen atoms in total. The first-order valence-corrected chi connectivity index (χ1v) is 5.39. The third-order valence-electron chi connectivity index (χ3n) is 2.11. The Labute approximate surface area is 90.4 Å². The van der Waals surface area contributed by atoms with Crippen molar-refractivity contribution in [2.75, 3.05) is 11.7 Å². The van der Waals surface area contributed by atoms with Crippen molar-refractivity contribution >= 4 is 33.0 Å². The van der Waals surface area contributed by atoms with Gasteiger partial charge in [0.05, 0.1) is 10.2 Å². The van der Waals surface area contributed by atoms with E-state index in [1.165, 1.54) is 4.70 Å². The summed E-state index contributed by atoms with van der Waals surface area (Å²) in [4.78, 5) is 4.52. The van der Waals surface area contributed by atoms with Gasteiger partial charge in [-0.25, -0.2) is 9.99 Å². The fourth-order valence-electron chi connectivity index (χ4n) is 1.40. The molecule has 2 N–H and O–H groups in total. The first-order valence-electron chi connectivity index (χ1n) is 4.57. The van der Waals surface area contributed by atoms with Gasteiger partial charge in [0.25, 0.3) is 0 Å². The zero-order chi connectivity index (χ0) is 10.1. The molecule has 15 heavy (non-hydrogen) atoms. The summed E-state index contributed by atoms with van der Waals surface area (Å²) >= 11 is 1.65. The van der Waals surface area contributed by atoms with Crippen LogP contribution in [0.5, 0.6) is 0 Å². The molecule has 1 aromatic heterocycles. The topological polar surface area (TPSA) is 52.6 Å². The van der Waals surface area contributed by atoms with Crippen molar-refractivity contribution in [2.45, 2.75) is 0 Å². The number of anilines is 1. The molecular formula is C9H9N5S. The Morgan fingerprint density at radius 2 is 2.27 bits per heavy atom. The van der Waals surface area contributed by atoms with E-state index in [9.17, 15) is 0 Å². The highest BCUT2D eigenvalue weighted by Gasteiger charge is 2.11. The van der Waals surface area contributed by atoms with Crippen LogP contribution in [0.4, 0.5) is 5.13 Å². The monoisotopic (exact) mass is 219 g/mol. The lowest BCUT2D eigenvalue weighted by Gasteiger charge is -2.23. The molecule has 6 heteroatoms. The minimum atomic E-state index is 0.621. The fourth-order valence-corrected chi connectivity index (χ4v) is 2.33.